The van der Waals surface area contributed by atoms with E-state index in [2.05, 4.69) is 28.5 Å². The van der Waals surface area contributed by atoms with Crippen LogP contribution in [0.3, 0.4) is 0 Å². The lowest BCUT2D eigenvalue weighted by Crippen LogP contribution is -2.13. The second-order valence-electron chi connectivity index (χ2n) is 4.97. The molecular formula is C16H16N4. The van der Waals surface area contributed by atoms with Crippen LogP contribution in [-0.2, 0) is 12.8 Å². The molecule has 0 spiro atoms. The number of rotatable bonds is 3. The van der Waals surface area contributed by atoms with Crippen LogP contribution < -0.4 is 5.73 Å². The lowest BCUT2D eigenvalue weighted by atomic mass is 9.96. The van der Waals surface area contributed by atoms with Crippen molar-refractivity contribution in [3.8, 4) is 11.1 Å². The van der Waals surface area contributed by atoms with Gasteiger partial charge in [-0.05, 0) is 41.5 Å². The van der Waals surface area contributed by atoms with Gasteiger partial charge in [-0.2, -0.15) is 5.53 Å². The molecule has 1 aliphatic rings. The summed E-state index contributed by atoms with van der Waals surface area (Å²) in [6, 6.07) is 14.4. The van der Waals surface area contributed by atoms with Crippen molar-refractivity contribution in [2.75, 3.05) is 0 Å². The molecule has 0 heterocycles. The average Bonchev–Trinajstić information content (AvgIpc) is 2.95. The molecule has 0 aromatic heterocycles. The second kappa shape index (κ2) is 5.25. The van der Waals surface area contributed by atoms with Gasteiger partial charge in [0.05, 0.1) is 0 Å². The minimum Gasteiger partial charge on any atom is -0.382 e. The molecule has 0 fully saturated rings. The van der Waals surface area contributed by atoms with Gasteiger partial charge in [-0.3, -0.25) is 0 Å². The van der Waals surface area contributed by atoms with E-state index in [0.717, 1.165) is 23.1 Å². The van der Waals surface area contributed by atoms with Gasteiger partial charge in [0.2, 0.25) is 0 Å². The Morgan fingerprint density at radius 1 is 1.05 bits per heavy atom. The van der Waals surface area contributed by atoms with E-state index in [0.29, 0.717) is 0 Å². The van der Waals surface area contributed by atoms with Crippen LogP contribution in [0.25, 0.3) is 11.1 Å². The van der Waals surface area contributed by atoms with Crippen LogP contribution in [0, 0.1) is 5.53 Å². The highest BCUT2D eigenvalue weighted by Crippen LogP contribution is 2.29. The second-order valence-corrected chi connectivity index (χ2v) is 4.97. The predicted molar refractivity (Wildman–Crippen MR) is 79.8 cm³/mol. The van der Waals surface area contributed by atoms with Crippen LogP contribution in [-0.4, -0.2) is 5.84 Å². The summed E-state index contributed by atoms with van der Waals surface area (Å²) in [4.78, 5) is 0. The maximum Gasteiger partial charge on any atom is 0.155 e. The Balaban J connectivity index is 2.11. The molecule has 0 bridgehead atoms. The Morgan fingerprint density at radius 3 is 2.70 bits per heavy atom. The molecular weight excluding hydrogens is 248 g/mol. The standard InChI is InChI=1S/C16H16N4/c17-16(19-20-18)15-7-2-1-6-14(15)13-9-8-11-4-3-5-12(11)10-13/h1-2,6-10H,3-5H2,(H3,17,18,19). The first-order valence-electron chi connectivity index (χ1n) is 6.71. The summed E-state index contributed by atoms with van der Waals surface area (Å²) in [5, 5.41) is 6.66. The van der Waals surface area contributed by atoms with Crippen molar-refractivity contribution in [2.45, 2.75) is 19.3 Å². The van der Waals surface area contributed by atoms with Gasteiger partial charge in [0.25, 0.3) is 0 Å². The highest BCUT2D eigenvalue weighted by Gasteiger charge is 2.13. The fourth-order valence-corrected chi connectivity index (χ4v) is 2.81. The molecule has 2 aromatic carbocycles. The topological polar surface area (TPSA) is 74.6 Å². The number of fused-ring (bicyclic) bond motifs is 1. The Morgan fingerprint density at radius 2 is 1.85 bits per heavy atom. The third-order valence-corrected chi connectivity index (χ3v) is 3.77. The molecule has 0 saturated heterocycles. The van der Waals surface area contributed by atoms with Crippen molar-refractivity contribution in [3.05, 3.63) is 59.2 Å². The molecule has 0 saturated carbocycles. The zero-order valence-electron chi connectivity index (χ0n) is 11.1. The summed E-state index contributed by atoms with van der Waals surface area (Å²) in [6.45, 7) is 0. The van der Waals surface area contributed by atoms with Crippen molar-refractivity contribution in [1.29, 1.82) is 5.53 Å². The van der Waals surface area contributed by atoms with E-state index in [-0.39, 0.29) is 5.84 Å². The maximum atomic E-state index is 6.82. The summed E-state index contributed by atoms with van der Waals surface area (Å²) in [5.41, 5.74) is 18.6. The molecule has 0 radical (unpaired) electrons. The third-order valence-electron chi connectivity index (χ3n) is 3.77. The maximum absolute atomic E-state index is 6.82. The molecule has 1 aliphatic carbocycles. The van der Waals surface area contributed by atoms with E-state index in [1.807, 2.05) is 24.3 Å². The van der Waals surface area contributed by atoms with Gasteiger partial charge >= 0.3 is 0 Å². The lowest BCUT2D eigenvalue weighted by molar-refractivity contribution is 0.912. The van der Waals surface area contributed by atoms with E-state index in [1.165, 1.54) is 24.0 Å². The van der Waals surface area contributed by atoms with Crippen LogP contribution in [0.15, 0.2) is 52.8 Å². The fourth-order valence-electron chi connectivity index (χ4n) is 2.81. The van der Waals surface area contributed by atoms with E-state index in [9.17, 15) is 0 Å². The summed E-state index contributed by atoms with van der Waals surface area (Å²) in [7, 11) is 0. The average molecular weight is 264 g/mol. The normalized spacial score (nSPS) is 14.1. The number of benzene rings is 2. The number of hydrogen-bond acceptors (Lipinski definition) is 2. The van der Waals surface area contributed by atoms with Crippen molar-refractivity contribution in [1.82, 2.24) is 0 Å². The minimum atomic E-state index is 0.274. The summed E-state index contributed by atoms with van der Waals surface area (Å²) < 4.78 is 0. The highest BCUT2D eigenvalue weighted by atomic mass is 15.3. The molecule has 4 nitrogen and oxygen atoms in total. The summed E-state index contributed by atoms with van der Waals surface area (Å²) in [5.74, 6) is 0.274. The molecule has 20 heavy (non-hydrogen) atoms. The number of nitrogens with two attached hydrogens (primary N) is 1. The Hall–Kier alpha value is -2.49. The molecule has 100 valence electrons. The van der Waals surface area contributed by atoms with Gasteiger partial charge in [-0.15, -0.1) is 5.10 Å². The van der Waals surface area contributed by atoms with Crippen molar-refractivity contribution in [3.63, 3.8) is 0 Å². The van der Waals surface area contributed by atoms with Gasteiger partial charge in [-0.1, -0.05) is 47.7 Å². The monoisotopic (exact) mass is 264 g/mol. The number of aryl methyl sites for hydroxylation is 2. The van der Waals surface area contributed by atoms with Gasteiger partial charge < -0.3 is 5.73 Å². The molecule has 0 unspecified atom stereocenters. The van der Waals surface area contributed by atoms with Crippen LogP contribution in [0.1, 0.15) is 23.1 Å². The van der Waals surface area contributed by atoms with E-state index in [4.69, 9.17) is 11.3 Å². The summed E-state index contributed by atoms with van der Waals surface area (Å²) in [6.07, 6.45) is 3.57. The largest absolute Gasteiger partial charge is 0.382 e. The van der Waals surface area contributed by atoms with Crippen molar-refractivity contribution in [2.24, 2.45) is 16.1 Å². The van der Waals surface area contributed by atoms with Gasteiger partial charge in [0.15, 0.2) is 5.84 Å². The fraction of sp³-hybridized carbons (Fsp3) is 0.188. The molecule has 2 aromatic rings. The minimum absolute atomic E-state index is 0.274. The molecule has 0 amide bonds. The predicted octanol–water partition coefficient (Wildman–Crippen LogP) is 3.49. The van der Waals surface area contributed by atoms with Crippen molar-refractivity contribution >= 4 is 5.84 Å². The van der Waals surface area contributed by atoms with Gasteiger partial charge in [0, 0.05) is 5.56 Å². The molecule has 0 atom stereocenters. The SMILES string of the molecule is N=NN=C(N)c1ccccc1-c1ccc2c(c1)CCC2. The van der Waals surface area contributed by atoms with Gasteiger partial charge in [-0.25, -0.2) is 0 Å². The van der Waals surface area contributed by atoms with Crippen LogP contribution >= 0.6 is 0 Å². The molecule has 3 rings (SSSR count). The first-order chi connectivity index (χ1) is 9.79. The van der Waals surface area contributed by atoms with Gasteiger partial charge in [0.1, 0.15) is 0 Å². The Kier molecular flexibility index (Phi) is 3.29. The molecule has 4 heteroatoms. The first kappa shape index (κ1) is 12.5. The quantitative estimate of drug-likeness (QED) is 0.378. The zero-order chi connectivity index (χ0) is 13.9. The van der Waals surface area contributed by atoms with Crippen molar-refractivity contribution < 1.29 is 0 Å². The number of amidine groups is 1. The zero-order valence-corrected chi connectivity index (χ0v) is 11.1. The number of nitrogens with zero attached hydrogens (tertiary/aromatic N) is 2. The number of nitrogens with one attached hydrogen (secondary N) is 1. The van der Waals surface area contributed by atoms with E-state index >= 15 is 0 Å². The van der Waals surface area contributed by atoms with Crippen LogP contribution in [0.2, 0.25) is 0 Å². The van der Waals surface area contributed by atoms with Crippen LogP contribution in [0.5, 0.6) is 0 Å². The molecule has 0 aliphatic heterocycles. The smallest absolute Gasteiger partial charge is 0.155 e. The molecule has 3 N–H and O–H groups in total. The Bertz CT molecular complexity index is 689. The van der Waals surface area contributed by atoms with Crippen LogP contribution in [0.4, 0.5) is 0 Å². The highest BCUT2D eigenvalue weighted by molar-refractivity contribution is 6.03. The number of hydrogen-bond donors (Lipinski definition) is 2. The lowest BCUT2D eigenvalue weighted by Gasteiger charge is -2.10. The Labute approximate surface area is 117 Å². The third kappa shape index (κ3) is 2.20. The first-order valence-corrected chi connectivity index (χ1v) is 6.71. The van der Waals surface area contributed by atoms with E-state index < -0.39 is 0 Å². The summed E-state index contributed by atoms with van der Waals surface area (Å²) >= 11 is 0. The van der Waals surface area contributed by atoms with E-state index in [1.54, 1.807) is 0 Å².